The van der Waals surface area contributed by atoms with Crippen molar-refractivity contribution in [2.75, 3.05) is 4.72 Å². The molecule has 150 valence electrons. The van der Waals surface area contributed by atoms with Crippen molar-refractivity contribution in [3.63, 3.8) is 0 Å². The molecule has 1 fully saturated rings. The van der Waals surface area contributed by atoms with Crippen LogP contribution in [0.2, 0.25) is 5.02 Å². The van der Waals surface area contributed by atoms with Crippen molar-refractivity contribution in [1.82, 2.24) is 5.32 Å². The lowest BCUT2D eigenvalue weighted by Gasteiger charge is -2.34. The van der Waals surface area contributed by atoms with Gasteiger partial charge in [-0.3, -0.25) is 9.52 Å². The van der Waals surface area contributed by atoms with Gasteiger partial charge in [-0.25, -0.2) is 8.42 Å². The van der Waals surface area contributed by atoms with Crippen LogP contribution in [0.15, 0.2) is 53.4 Å². The van der Waals surface area contributed by atoms with Gasteiger partial charge in [-0.15, -0.1) is 0 Å². The Balaban J connectivity index is 1.68. The van der Waals surface area contributed by atoms with Gasteiger partial charge in [0.2, 0.25) is 0 Å². The van der Waals surface area contributed by atoms with Crippen molar-refractivity contribution in [3.05, 3.63) is 59.1 Å². The summed E-state index contributed by atoms with van der Waals surface area (Å²) in [4.78, 5) is 12.7. The Morgan fingerprint density at radius 3 is 2.29 bits per heavy atom. The maximum Gasteiger partial charge on any atom is 0.261 e. The van der Waals surface area contributed by atoms with Crippen molar-refractivity contribution in [1.29, 1.82) is 0 Å². The molecule has 0 aromatic heterocycles. The summed E-state index contributed by atoms with van der Waals surface area (Å²) in [5.41, 5.74) is 0.877. The van der Waals surface area contributed by atoms with E-state index in [2.05, 4.69) is 23.9 Å². The lowest BCUT2D eigenvalue weighted by atomic mass is 9.78. The minimum Gasteiger partial charge on any atom is -0.349 e. The van der Waals surface area contributed by atoms with Gasteiger partial charge < -0.3 is 5.32 Å². The Bertz CT molecular complexity index is 927. The molecule has 7 heteroatoms. The van der Waals surface area contributed by atoms with Gasteiger partial charge in [0.15, 0.2) is 0 Å². The maximum atomic E-state index is 12.6. The lowest BCUT2D eigenvalue weighted by molar-refractivity contribution is 0.0891. The van der Waals surface area contributed by atoms with Crippen molar-refractivity contribution < 1.29 is 13.2 Å². The van der Waals surface area contributed by atoms with Crippen LogP contribution in [0, 0.1) is 11.8 Å². The predicted molar refractivity (Wildman–Crippen MR) is 112 cm³/mol. The SMILES string of the molecule is C[C@@H]1[C@H](C)CCC[C@@H]1NC(=O)c1ccc(S(=O)(=O)Nc2ccc(Cl)cc2)cc1. The molecule has 0 radical (unpaired) electrons. The van der Waals surface area contributed by atoms with E-state index in [0.717, 1.165) is 12.8 Å². The Morgan fingerprint density at radius 1 is 1.00 bits per heavy atom. The molecule has 5 nitrogen and oxygen atoms in total. The molecule has 0 aliphatic heterocycles. The van der Waals surface area contributed by atoms with Crippen LogP contribution in [0.5, 0.6) is 0 Å². The summed E-state index contributed by atoms with van der Waals surface area (Å²) < 4.78 is 27.5. The Labute approximate surface area is 171 Å². The molecule has 0 spiro atoms. The highest BCUT2D eigenvalue weighted by atomic mass is 35.5. The summed E-state index contributed by atoms with van der Waals surface area (Å²) in [6.07, 6.45) is 3.29. The van der Waals surface area contributed by atoms with E-state index in [1.54, 1.807) is 36.4 Å². The number of carbonyl (C=O) groups is 1. The van der Waals surface area contributed by atoms with Crippen molar-refractivity contribution >= 4 is 33.2 Å². The molecule has 0 bridgehead atoms. The van der Waals surface area contributed by atoms with Crippen LogP contribution in [-0.4, -0.2) is 20.4 Å². The third-order valence-corrected chi connectivity index (χ3v) is 7.20. The molecule has 2 aromatic rings. The van der Waals surface area contributed by atoms with E-state index in [-0.39, 0.29) is 16.8 Å². The van der Waals surface area contributed by atoms with Crippen molar-refractivity contribution in [2.45, 2.75) is 44.0 Å². The summed E-state index contributed by atoms with van der Waals surface area (Å²) in [6.45, 7) is 4.39. The second kappa shape index (κ2) is 8.53. The van der Waals surface area contributed by atoms with Crippen LogP contribution in [0.3, 0.4) is 0 Å². The number of amides is 1. The summed E-state index contributed by atoms with van der Waals surface area (Å²) in [7, 11) is -3.74. The lowest BCUT2D eigenvalue weighted by Crippen LogP contribution is -2.43. The second-order valence-corrected chi connectivity index (χ2v) is 9.60. The van der Waals surface area contributed by atoms with Crippen LogP contribution < -0.4 is 10.0 Å². The van der Waals surface area contributed by atoms with Crippen LogP contribution in [0.1, 0.15) is 43.5 Å². The average Bonchev–Trinajstić information content (AvgIpc) is 2.67. The smallest absolute Gasteiger partial charge is 0.261 e. The minimum absolute atomic E-state index is 0.0960. The van der Waals surface area contributed by atoms with E-state index >= 15 is 0 Å². The molecule has 3 atom stereocenters. The quantitative estimate of drug-likeness (QED) is 0.736. The van der Waals surface area contributed by atoms with E-state index in [0.29, 0.717) is 28.1 Å². The third kappa shape index (κ3) is 4.86. The zero-order valence-corrected chi connectivity index (χ0v) is 17.6. The van der Waals surface area contributed by atoms with Crippen LogP contribution in [0.25, 0.3) is 0 Å². The highest BCUT2D eigenvalue weighted by Crippen LogP contribution is 2.29. The molecular formula is C21H25ClN2O3S. The number of carbonyl (C=O) groups excluding carboxylic acids is 1. The summed E-state index contributed by atoms with van der Waals surface area (Å²) in [5, 5.41) is 3.63. The standard InChI is InChI=1S/C21H25ClN2O3S/c1-14-4-3-5-20(15(14)2)23-21(25)16-6-12-19(13-7-16)28(26,27)24-18-10-8-17(22)9-11-18/h6-15,20,24H,3-5H2,1-2H3,(H,23,25)/t14-,15-,20+/m1/s1. The molecule has 2 aromatic carbocycles. The molecule has 0 saturated heterocycles. The fourth-order valence-corrected chi connectivity index (χ4v) is 4.74. The number of nitrogens with one attached hydrogen (secondary N) is 2. The Hall–Kier alpha value is -2.05. The van der Waals surface area contributed by atoms with E-state index < -0.39 is 10.0 Å². The zero-order valence-electron chi connectivity index (χ0n) is 16.0. The van der Waals surface area contributed by atoms with Crippen LogP contribution >= 0.6 is 11.6 Å². The molecule has 1 aliphatic carbocycles. The summed E-state index contributed by atoms with van der Waals surface area (Å²) in [5.74, 6) is 0.854. The van der Waals surface area contributed by atoms with Crippen molar-refractivity contribution in [3.8, 4) is 0 Å². The second-order valence-electron chi connectivity index (χ2n) is 7.48. The first-order chi connectivity index (χ1) is 13.3. The maximum absolute atomic E-state index is 12.6. The Morgan fingerprint density at radius 2 is 1.64 bits per heavy atom. The van der Waals surface area contributed by atoms with E-state index in [1.165, 1.54) is 18.6 Å². The van der Waals surface area contributed by atoms with Gasteiger partial charge in [-0.1, -0.05) is 38.3 Å². The minimum atomic E-state index is -3.74. The highest BCUT2D eigenvalue weighted by Gasteiger charge is 2.28. The topological polar surface area (TPSA) is 75.3 Å². The van der Waals surface area contributed by atoms with E-state index in [1.807, 2.05) is 0 Å². The number of sulfonamides is 1. The third-order valence-electron chi connectivity index (χ3n) is 5.55. The fraction of sp³-hybridized carbons (Fsp3) is 0.381. The number of hydrogen-bond donors (Lipinski definition) is 2. The summed E-state index contributed by atoms with van der Waals surface area (Å²) >= 11 is 5.82. The molecule has 2 N–H and O–H groups in total. The average molecular weight is 421 g/mol. The normalized spacial score (nSPS) is 22.5. The molecule has 1 aliphatic rings. The largest absolute Gasteiger partial charge is 0.349 e. The monoisotopic (exact) mass is 420 g/mol. The first kappa shape index (κ1) is 20.7. The molecule has 1 saturated carbocycles. The van der Waals surface area contributed by atoms with Gasteiger partial charge in [0.25, 0.3) is 15.9 Å². The van der Waals surface area contributed by atoms with Crippen LogP contribution in [-0.2, 0) is 10.0 Å². The molecule has 0 heterocycles. The van der Waals surface area contributed by atoms with Gasteiger partial charge in [-0.2, -0.15) is 0 Å². The summed E-state index contributed by atoms with van der Waals surface area (Å²) in [6, 6.07) is 12.5. The number of anilines is 1. The Kier molecular flexibility index (Phi) is 6.30. The predicted octanol–water partition coefficient (Wildman–Crippen LogP) is 4.70. The highest BCUT2D eigenvalue weighted by molar-refractivity contribution is 7.92. The van der Waals surface area contributed by atoms with Crippen molar-refractivity contribution in [2.24, 2.45) is 11.8 Å². The van der Waals surface area contributed by atoms with Gasteiger partial charge >= 0.3 is 0 Å². The number of halogens is 1. The van der Waals surface area contributed by atoms with Gasteiger partial charge in [-0.05, 0) is 66.8 Å². The molecule has 3 rings (SSSR count). The fourth-order valence-electron chi connectivity index (χ4n) is 3.55. The number of benzene rings is 2. The number of rotatable bonds is 5. The van der Waals surface area contributed by atoms with E-state index in [9.17, 15) is 13.2 Å². The zero-order chi connectivity index (χ0) is 20.3. The van der Waals surface area contributed by atoms with Gasteiger partial charge in [0.1, 0.15) is 0 Å². The number of hydrogen-bond acceptors (Lipinski definition) is 3. The van der Waals surface area contributed by atoms with Crippen LogP contribution in [0.4, 0.5) is 5.69 Å². The molecule has 28 heavy (non-hydrogen) atoms. The van der Waals surface area contributed by atoms with Gasteiger partial charge in [0, 0.05) is 22.3 Å². The molecule has 0 unspecified atom stereocenters. The first-order valence-corrected chi connectivity index (χ1v) is 11.3. The van der Waals surface area contributed by atoms with Gasteiger partial charge in [0.05, 0.1) is 4.90 Å². The molecular weight excluding hydrogens is 396 g/mol. The van der Waals surface area contributed by atoms with E-state index in [4.69, 9.17) is 11.6 Å². The molecule has 1 amide bonds. The first-order valence-electron chi connectivity index (χ1n) is 9.45.